The van der Waals surface area contributed by atoms with E-state index in [4.69, 9.17) is 4.74 Å². The van der Waals surface area contributed by atoms with Gasteiger partial charge in [0.2, 0.25) is 0 Å². The van der Waals surface area contributed by atoms with Crippen LogP contribution in [-0.2, 0) is 0 Å². The van der Waals surface area contributed by atoms with Gasteiger partial charge in [-0.15, -0.1) is 0 Å². The Morgan fingerprint density at radius 2 is 1.65 bits per heavy atom. The van der Waals surface area contributed by atoms with Crippen molar-refractivity contribution >= 4 is 11.6 Å². The second kappa shape index (κ2) is 5.74. The van der Waals surface area contributed by atoms with Gasteiger partial charge in [-0.25, -0.2) is 0 Å². The van der Waals surface area contributed by atoms with E-state index in [-0.39, 0.29) is 11.5 Å². The van der Waals surface area contributed by atoms with Crippen molar-refractivity contribution < 1.29 is 9.53 Å². The van der Waals surface area contributed by atoms with Crippen LogP contribution in [0.25, 0.3) is 0 Å². The van der Waals surface area contributed by atoms with E-state index >= 15 is 0 Å². The first-order valence-corrected chi connectivity index (χ1v) is 6.44. The lowest BCUT2D eigenvalue weighted by Crippen LogP contribution is -2.23. The van der Waals surface area contributed by atoms with E-state index in [2.05, 4.69) is 10.3 Å². The number of ether oxygens (including phenoxy) is 1. The van der Waals surface area contributed by atoms with Gasteiger partial charge in [0.05, 0.1) is 0 Å². The zero-order valence-electron chi connectivity index (χ0n) is 11.9. The van der Waals surface area contributed by atoms with Crippen molar-refractivity contribution in [3.05, 3.63) is 54.4 Å². The van der Waals surface area contributed by atoms with Crippen LogP contribution < -0.4 is 10.1 Å². The summed E-state index contributed by atoms with van der Waals surface area (Å²) in [5, 5.41) is 2.81. The van der Waals surface area contributed by atoms with E-state index in [0.717, 1.165) is 11.4 Å². The zero-order chi connectivity index (χ0) is 14.6. The summed E-state index contributed by atoms with van der Waals surface area (Å²) in [4.78, 5) is 15.9. The molecule has 104 valence electrons. The van der Waals surface area contributed by atoms with E-state index in [1.807, 2.05) is 20.8 Å². The second-order valence-corrected chi connectivity index (χ2v) is 5.43. The summed E-state index contributed by atoms with van der Waals surface area (Å²) in [5.41, 5.74) is 1.06. The zero-order valence-corrected chi connectivity index (χ0v) is 11.9. The van der Waals surface area contributed by atoms with E-state index < -0.39 is 0 Å². The molecule has 1 amide bonds. The number of benzene rings is 1. The molecule has 1 aromatic carbocycles. The molecule has 0 bridgehead atoms. The number of carbonyl (C=O) groups is 1. The Morgan fingerprint density at radius 1 is 1.05 bits per heavy atom. The number of aromatic nitrogens is 1. The third kappa shape index (κ3) is 4.09. The summed E-state index contributed by atoms with van der Waals surface area (Å²) in [6, 6.07) is 10.6. The first kappa shape index (κ1) is 14.1. The van der Waals surface area contributed by atoms with Gasteiger partial charge in [-0.05, 0) is 57.2 Å². The molecule has 0 aliphatic rings. The molecule has 2 aromatic rings. The minimum Gasteiger partial charge on any atom is -0.488 e. The van der Waals surface area contributed by atoms with Crippen LogP contribution in [0.15, 0.2) is 48.8 Å². The quantitative estimate of drug-likeness (QED) is 0.928. The highest BCUT2D eigenvalue weighted by Crippen LogP contribution is 2.19. The highest BCUT2D eigenvalue weighted by atomic mass is 16.5. The van der Waals surface area contributed by atoms with Crippen molar-refractivity contribution in [2.24, 2.45) is 0 Å². The van der Waals surface area contributed by atoms with Gasteiger partial charge in [0.15, 0.2) is 0 Å². The first-order chi connectivity index (χ1) is 9.44. The lowest BCUT2D eigenvalue weighted by atomic mass is 10.1. The summed E-state index contributed by atoms with van der Waals surface area (Å²) in [6.45, 7) is 5.95. The highest BCUT2D eigenvalue weighted by molar-refractivity contribution is 6.04. The molecule has 0 radical (unpaired) electrons. The molecule has 0 saturated carbocycles. The molecule has 0 unspecified atom stereocenters. The monoisotopic (exact) mass is 270 g/mol. The van der Waals surface area contributed by atoms with E-state index in [0.29, 0.717) is 5.56 Å². The molecule has 20 heavy (non-hydrogen) atoms. The number of anilines is 1. The lowest BCUT2D eigenvalue weighted by Gasteiger charge is -2.21. The van der Waals surface area contributed by atoms with Gasteiger partial charge in [-0.2, -0.15) is 0 Å². The Morgan fingerprint density at radius 3 is 2.20 bits per heavy atom. The average Bonchev–Trinajstić information content (AvgIpc) is 2.39. The Balaban J connectivity index is 2.04. The maximum Gasteiger partial charge on any atom is 0.255 e. The molecule has 0 aliphatic heterocycles. The predicted octanol–water partition coefficient (Wildman–Crippen LogP) is 3.51. The summed E-state index contributed by atoms with van der Waals surface area (Å²) < 4.78 is 5.71. The van der Waals surface area contributed by atoms with Crippen LogP contribution in [0, 0.1) is 0 Å². The largest absolute Gasteiger partial charge is 0.488 e. The van der Waals surface area contributed by atoms with Gasteiger partial charge in [-0.1, -0.05) is 0 Å². The maximum absolute atomic E-state index is 12.0. The normalized spacial score (nSPS) is 10.9. The fourth-order valence-corrected chi connectivity index (χ4v) is 1.67. The van der Waals surface area contributed by atoms with Crippen molar-refractivity contribution in [3.63, 3.8) is 0 Å². The standard InChI is InChI=1S/C16H18N2O2/c1-16(2,3)20-14-6-4-12(5-7-14)15(19)18-13-8-10-17-11-9-13/h4-11H,1-3H3,(H,17,18,19). The molecule has 1 aromatic heterocycles. The number of carbonyl (C=O) groups excluding carboxylic acids is 1. The molecular formula is C16H18N2O2. The van der Waals surface area contributed by atoms with E-state index in [1.54, 1.807) is 48.8 Å². The lowest BCUT2D eigenvalue weighted by molar-refractivity contribution is 0.102. The van der Waals surface area contributed by atoms with Crippen LogP contribution in [0.1, 0.15) is 31.1 Å². The van der Waals surface area contributed by atoms with Gasteiger partial charge < -0.3 is 10.1 Å². The van der Waals surface area contributed by atoms with Gasteiger partial charge >= 0.3 is 0 Å². The molecule has 4 heteroatoms. The summed E-state index contributed by atoms with van der Waals surface area (Å²) in [6.07, 6.45) is 3.27. The van der Waals surface area contributed by atoms with Crippen molar-refractivity contribution in [1.82, 2.24) is 4.98 Å². The number of rotatable bonds is 3. The minimum atomic E-state index is -0.249. The Bertz CT molecular complexity index is 572. The molecule has 0 fully saturated rings. The first-order valence-electron chi connectivity index (χ1n) is 6.44. The van der Waals surface area contributed by atoms with Gasteiger partial charge in [-0.3, -0.25) is 9.78 Å². The van der Waals surface area contributed by atoms with Gasteiger partial charge in [0.1, 0.15) is 11.4 Å². The number of nitrogens with one attached hydrogen (secondary N) is 1. The van der Waals surface area contributed by atoms with Crippen LogP contribution in [0.5, 0.6) is 5.75 Å². The fourth-order valence-electron chi connectivity index (χ4n) is 1.67. The molecule has 2 rings (SSSR count). The SMILES string of the molecule is CC(C)(C)Oc1ccc(C(=O)Nc2ccncc2)cc1. The number of pyridine rings is 1. The minimum absolute atomic E-state index is 0.154. The van der Waals surface area contributed by atoms with E-state index in [1.165, 1.54) is 0 Å². The second-order valence-electron chi connectivity index (χ2n) is 5.43. The Kier molecular flexibility index (Phi) is 4.03. The van der Waals surface area contributed by atoms with Crippen LogP contribution in [0.2, 0.25) is 0 Å². The summed E-state index contributed by atoms with van der Waals surface area (Å²) in [5.74, 6) is 0.594. The molecule has 1 heterocycles. The van der Waals surface area contributed by atoms with Crippen molar-refractivity contribution in [2.45, 2.75) is 26.4 Å². The molecule has 0 aliphatic carbocycles. The predicted molar refractivity (Wildman–Crippen MR) is 79.0 cm³/mol. The third-order valence-corrected chi connectivity index (χ3v) is 2.48. The number of hydrogen-bond donors (Lipinski definition) is 1. The fraction of sp³-hybridized carbons (Fsp3) is 0.250. The van der Waals surface area contributed by atoms with Crippen molar-refractivity contribution in [3.8, 4) is 5.75 Å². The van der Waals surface area contributed by atoms with Crippen LogP contribution in [0.3, 0.4) is 0 Å². The molecule has 0 spiro atoms. The van der Waals surface area contributed by atoms with Crippen LogP contribution >= 0.6 is 0 Å². The van der Waals surface area contributed by atoms with Crippen molar-refractivity contribution in [2.75, 3.05) is 5.32 Å². The Labute approximate surface area is 118 Å². The van der Waals surface area contributed by atoms with Gasteiger partial charge in [0.25, 0.3) is 5.91 Å². The maximum atomic E-state index is 12.0. The van der Waals surface area contributed by atoms with Crippen molar-refractivity contribution in [1.29, 1.82) is 0 Å². The smallest absolute Gasteiger partial charge is 0.255 e. The Hall–Kier alpha value is -2.36. The molecule has 0 atom stereocenters. The molecule has 4 nitrogen and oxygen atoms in total. The number of amides is 1. The van der Waals surface area contributed by atoms with Crippen LogP contribution in [-0.4, -0.2) is 16.5 Å². The summed E-state index contributed by atoms with van der Waals surface area (Å²) in [7, 11) is 0. The van der Waals surface area contributed by atoms with E-state index in [9.17, 15) is 4.79 Å². The third-order valence-electron chi connectivity index (χ3n) is 2.48. The highest BCUT2D eigenvalue weighted by Gasteiger charge is 2.12. The molecule has 1 N–H and O–H groups in total. The van der Waals surface area contributed by atoms with Gasteiger partial charge in [0, 0.05) is 23.6 Å². The van der Waals surface area contributed by atoms with Crippen LogP contribution in [0.4, 0.5) is 5.69 Å². The molecule has 0 saturated heterocycles. The summed E-state index contributed by atoms with van der Waals surface area (Å²) >= 11 is 0. The topological polar surface area (TPSA) is 51.2 Å². The number of nitrogens with zero attached hydrogens (tertiary/aromatic N) is 1. The average molecular weight is 270 g/mol. The molecular weight excluding hydrogens is 252 g/mol. The number of hydrogen-bond acceptors (Lipinski definition) is 3.